The fourth-order valence-electron chi connectivity index (χ4n) is 1.42. The number of carbonyl (C=O) groups excluding carboxylic acids is 1. The van der Waals surface area contributed by atoms with Crippen LogP contribution < -0.4 is 0 Å². The molecule has 3 heteroatoms. The van der Waals surface area contributed by atoms with Crippen LogP contribution in [0.4, 0.5) is 0 Å². The molecule has 0 aliphatic carbocycles. The van der Waals surface area contributed by atoms with Gasteiger partial charge in [0.05, 0.1) is 12.0 Å². The van der Waals surface area contributed by atoms with E-state index in [-0.39, 0.29) is 23.6 Å². The van der Waals surface area contributed by atoms with E-state index in [0.29, 0.717) is 6.61 Å². The summed E-state index contributed by atoms with van der Waals surface area (Å²) in [6.07, 6.45) is 0.797. The van der Waals surface area contributed by atoms with E-state index in [9.17, 15) is 4.79 Å². The van der Waals surface area contributed by atoms with Gasteiger partial charge in [-0.1, -0.05) is 0 Å². The first-order valence-corrected chi connectivity index (χ1v) is 4.74. The van der Waals surface area contributed by atoms with Crippen molar-refractivity contribution >= 4 is 5.97 Å². The second-order valence-electron chi connectivity index (χ2n) is 4.50. The molecule has 2 atom stereocenters. The van der Waals surface area contributed by atoms with E-state index in [1.54, 1.807) is 0 Å². The maximum Gasteiger partial charge on any atom is 0.312 e. The van der Waals surface area contributed by atoms with Crippen LogP contribution in [0.3, 0.4) is 0 Å². The highest BCUT2D eigenvalue weighted by Crippen LogP contribution is 2.23. The van der Waals surface area contributed by atoms with Gasteiger partial charge >= 0.3 is 5.97 Å². The first kappa shape index (κ1) is 10.5. The van der Waals surface area contributed by atoms with Crippen molar-refractivity contribution in [3.63, 3.8) is 0 Å². The number of hydrogen-bond acceptors (Lipinski definition) is 3. The van der Waals surface area contributed by atoms with Crippen LogP contribution >= 0.6 is 0 Å². The minimum absolute atomic E-state index is 0.00912. The largest absolute Gasteiger partial charge is 0.460 e. The van der Waals surface area contributed by atoms with Gasteiger partial charge in [-0.05, 0) is 34.1 Å². The van der Waals surface area contributed by atoms with Gasteiger partial charge in [-0.3, -0.25) is 4.79 Å². The molecule has 2 unspecified atom stereocenters. The fourth-order valence-corrected chi connectivity index (χ4v) is 1.42. The summed E-state index contributed by atoms with van der Waals surface area (Å²) in [5.41, 5.74) is -0.389. The molecule has 76 valence electrons. The molecule has 13 heavy (non-hydrogen) atoms. The second kappa shape index (κ2) is 3.66. The van der Waals surface area contributed by atoms with Crippen molar-refractivity contribution in [1.82, 2.24) is 0 Å². The summed E-state index contributed by atoms with van der Waals surface area (Å²) in [4.78, 5) is 11.6. The summed E-state index contributed by atoms with van der Waals surface area (Å²) in [5, 5.41) is 0. The maximum atomic E-state index is 11.6. The Balaban J connectivity index is 2.48. The summed E-state index contributed by atoms with van der Waals surface area (Å²) >= 11 is 0. The van der Waals surface area contributed by atoms with Gasteiger partial charge in [0.25, 0.3) is 0 Å². The zero-order valence-corrected chi connectivity index (χ0v) is 8.79. The normalized spacial score (nSPS) is 28.9. The molecule has 0 amide bonds. The van der Waals surface area contributed by atoms with Gasteiger partial charge in [-0.15, -0.1) is 0 Å². The average Bonchev–Trinajstić information content (AvgIpc) is 2.30. The molecule has 0 N–H and O–H groups in total. The number of hydrogen-bond donors (Lipinski definition) is 0. The predicted molar refractivity (Wildman–Crippen MR) is 49.4 cm³/mol. The molecule has 0 spiro atoms. The first-order valence-electron chi connectivity index (χ1n) is 4.74. The third-order valence-corrected chi connectivity index (χ3v) is 2.09. The van der Waals surface area contributed by atoms with Crippen molar-refractivity contribution in [2.75, 3.05) is 6.61 Å². The van der Waals surface area contributed by atoms with Gasteiger partial charge in [-0.25, -0.2) is 0 Å². The van der Waals surface area contributed by atoms with Gasteiger partial charge in [-0.2, -0.15) is 0 Å². The molecular formula is C10H18O3. The van der Waals surface area contributed by atoms with Crippen LogP contribution in [-0.4, -0.2) is 24.3 Å². The maximum absolute atomic E-state index is 11.6. The highest BCUT2D eigenvalue weighted by Gasteiger charge is 2.33. The van der Waals surface area contributed by atoms with Crippen LogP contribution in [0.15, 0.2) is 0 Å². The lowest BCUT2D eigenvalue weighted by Gasteiger charge is -2.22. The molecule has 0 bridgehead atoms. The molecular weight excluding hydrogens is 168 g/mol. The van der Waals surface area contributed by atoms with Crippen molar-refractivity contribution in [1.29, 1.82) is 0 Å². The summed E-state index contributed by atoms with van der Waals surface area (Å²) < 4.78 is 10.6. The topological polar surface area (TPSA) is 35.5 Å². The summed E-state index contributed by atoms with van der Waals surface area (Å²) in [5.74, 6) is -0.197. The van der Waals surface area contributed by atoms with E-state index in [2.05, 4.69) is 0 Å². The zero-order chi connectivity index (χ0) is 10.1. The number of esters is 1. The lowest BCUT2D eigenvalue weighted by molar-refractivity contribution is -0.161. The molecule has 1 saturated heterocycles. The van der Waals surface area contributed by atoms with Gasteiger partial charge in [0.1, 0.15) is 5.60 Å². The van der Waals surface area contributed by atoms with E-state index in [0.717, 1.165) is 6.42 Å². The zero-order valence-electron chi connectivity index (χ0n) is 8.79. The van der Waals surface area contributed by atoms with Crippen LogP contribution in [-0.2, 0) is 14.3 Å². The lowest BCUT2D eigenvalue weighted by Crippen LogP contribution is -2.31. The van der Waals surface area contributed by atoms with Crippen LogP contribution in [0.2, 0.25) is 0 Å². The van der Waals surface area contributed by atoms with Gasteiger partial charge in [0, 0.05) is 6.61 Å². The standard InChI is InChI=1S/C10H18O3/c1-7-8(5-6-12-7)9(11)13-10(2,3)4/h7-8H,5-6H2,1-4H3. The van der Waals surface area contributed by atoms with Crippen LogP contribution in [0.25, 0.3) is 0 Å². The molecule has 0 aromatic carbocycles. The summed E-state index contributed by atoms with van der Waals surface area (Å²) in [6, 6.07) is 0. The van der Waals surface area contributed by atoms with Crippen LogP contribution in [0.5, 0.6) is 0 Å². The van der Waals surface area contributed by atoms with Crippen LogP contribution in [0, 0.1) is 5.92 Å². The number of ether oxygens (including phenoxy) is 2. The van der Waals surface area contributed by atoms with E-state index in [1.807, 2.05) is 27.7 Å². The smallest absolute Gasteiger partial charge is 0.312 e. The van der Waals surface area contributed by atoms with Crippen molar-refractivity contribution in [3.8, 4) is 0 Å². The monoisotopic (exact) mass is 186 g/mol. The highest BCUT2D eigenvalue weighted by molar-refractivity contribution is 5.73. The Morgan fingerprint density at radius 2 is 2.08 bits per heavy atom. The lowest BCUT2D eigenvalue weighted by atomic mass is 10.0. The van der Waals surface area contributed by atoms with Gasteiger partial charge in [0.15, 0.2) is 0 Å². The molecule has 1 rings (SSSR count). The first-order chi connectivity index (χ1) is 5.90. The van der Waals surface area contributed by atoms with Crippen molar-refractivity contribution in [2.24, 2.45) is 5.92 Å². The van der Waals surface area contributed by atoms with Crippen molar-refractivity contribution in [3.05, 3.63) is 0 Å². The van der Waals surface area contributed by atoms with Gasteiger partial charge < -0.3 is 9.47 Å². The van der Waals surface area contributed by atoms with E-state index in [4.69, 9.17) is 9.47 Å². The Kier molecular flexibility index (Phi) is 2.96. The fraction of sp³-hybridized carbons (Fsp3) is 0.900. The van der Waals surface area contributed by atoms with Crippen molar-refractivity contribution in [2.45, 2.75) is 45.8 Å². The molecule has 1 fully saturated rings. The molecule has 0 aromatic heterocycles. The molecule has 0 radical (unpaired) electrons. The molecule has 0 aromatic rings. The third kappa shape index (κ3) is 2.99. The minimum Gasteiger partial charge on any atom is -0.460 e. The molecule has 3 nitrogen and oxygen atoms in total. The summed E-state index contributed by atoms with van der Waals surface area (Å²) in [7, 11) is 0. The molecule has 1 heterocycles. The average molecular weight is 186 g/mol. The molecule has 1 aliphatic rings. The Labute approximate surface area is 79.4 Å². The number of rotatable bonds is 1. The Morgan fingerprint density at radius 3 is 2.46 bits per heavy atom. The van der Waals surface area contributed by atoms with E-state index >= 15 is 0 Å². The van der Waals surface area contributed by atoms with E-state index < -0.39 is 0 Å². The Hall–Kier alpha value is -0.570. The van der Waals surface area contributed by atoms with E-state index in [1.165, 1.54) is 0 Å². The van der Waals surface area contributed by atoms with Crippen molar-refractivity contribution < 1.29 is 14.3 Å². The second-order valence-corrected chi connectivity index (χ2v) is 4.50. The Bertz CT molecular complexity index is 193. The van der Waals surface area contributed by atoms with Crippen LogP contribution in [0.1, 0.15) is 34.1 Å². The molecule has 0 saturated carbocycles. The Morgan fingerprint density at radius 1 is 1.46 bits per heavy atom. The van der Waals surface area contributed by atoms with Gasteiger partial charge in [0.2, 0.25) is 0 Å². The molecule has 1 aliphatic heterocycles. The SMILES string of the molecule is CC1OCCC1C(=O)OC(C)(C)C. The predicted octanol–water partition coefficient (Wildman–Crippen LogP) is 1.75. The third-order valence-electron chi connectivity index (χ3n) is 2.09. The highest BCUT2D eigenvalue weighted by atomic mass is 16.6. The minimum atomic E-state index is -0.389. The number of carbonyl (C=O) groups is 1. The quantitative estimate of drug-likeness (QED) is 0.585. The summed E-state index contributed by atoms with van der Waals surface area (Å²) in [6.45, 7) is 8.23.